The molecule has 0 fully saturated rings. The molecule has 0 radical (unpaired) electrons. The Morgan fingerprint density at radius 1 is 1.36 bits per heavy atom. The van der Waals surface area contributed by atoms with Gasteiger partial charge in [-0.1, -0.05) is 13.8 Å². The Labute approximate surface area is 129 Å². The van der Waals surface area contributed by atoms with Gasteiger partial charge in [0.05, 0.1) is 16.9 Å². The van der Waals surface area contributed by atoms with Gasteiger partial charge in [0.25, 0.3) is 0 Å². The highest BCUT2D eigenvalue weighted by molar-refractivity contribution is 7.89. The van der Waals surface area contributed by atoms with Gasteiger partial charge in [-0.05, 0) is 25.0 Å². The average Bonchev–Trinajstić information content (AvgIpc) is 2.51. The minimum absolute atomic E-state index is 0.000706. The number of sulfonamides is 1. The predicted molar refractivity (Wildman–Crippen MR) is 82.3 cm³/mol. The van der Waals surface area contributed by atoms with Crippen LogP contribution in [0.15, 0.2) is 23.1 Å². The van der Waals surface area contributed by atoms with Crippen LogP contribution in [0, 0.1) is 10.1 Å². The fourth-order valence-electron chi connectivity index (χ4n) is 1.80. The number of hydrogen-bond acceptors (Lipinski definition) is 6. The van der Waals surface area contributed by atoms with Crippen molar-refractivity contribution in [1.82, 2.24) is 4.72 Å². The first-order valence-electron chi connectivity index (χ1n) is 6.80. The average molecular weight is 331 g/mol. The van der Waals surface area contributed by atoms with Gasteiger partial charge in [0.2, 0.25) is 10.0 Å². The van der Waals surface area contributed by atoms with Crippen LogP contribution in [-0.2, 0) is 10.0 Å². The number of ether oxygens (including phenoxy) is 1. The Kier molecular flexibility index (Phi) is 5.86. The largest absolute Gasteiger partial charge is 0.490 e. The molecule has 124 valence electrons. The maximum atomic E-state index is 12.3. The minimum atomic E-state index is -3.88. The third kappa shape index (κ3) is 4.15. The SMILES string of the molecule is CCC(N)(CC)CNS(=O)(=O)c1ccc(OC)c([N+](=O)[O-])c1. The van der Waals surface area contributed by atoms with E-state index in [0.717, 1.165) is 6.07 Å². The number of rotatable bonds is 8. The smallest absolute Gasteiger partial charge is 0.312 e. The molecule has 0 unspecified atom stereocenters. The normalized spacial score (nSPS) is 12.2. The quantitative estimate of drug-likeness (QED) is 0.548. The van der Waals surface area contributed by atoms with E-state index in [1.807, 2.05) is 13.8 Å². The molecule has 0 saturated heterocycles. The summed E-state index contributed by atoms with van der Waals surface area (Å²) >= 11 is 0. The summed E-state index contributed by atoms with van der Waals surface area (Å²) in [5.41, 5.74) is 5.00. The fourth-order valence-corrected chi connectivity index (χ4v) is 2.96. The number of nitrogens with zero attached hydrogens (tertiary/aromatic N) is 1. The molecule has 1 aromatic carbocycles. The molecular formula is C13H21N3O5S. The molecule has 8 nitrogen and oxygen atoms in total. The Morgan fingerprint density at radius 2 is 1.95 bits per heavy atom. The highest BCUT2D eigenvalue weighted by atomic mass is 32.2. The molecule has 0 aromatic heterocycles. The number of nitrogens with two attached hydrogens (primary N) is 1. The van der Waals surface area contributed by atoms with E-state index in [1.165, 1.54) is 19.2 Å². The lowest BCUT2D eigenvalue weighted by Crippen LogP contribution is -2.49. The minimum Gasteiger partial charge on any atom is -0.490 e. The first-order chi connectivity index (χ1) is 10.2. The molecule has 0 aliphatic carbocycles. The van der Waals surface area contributed by atoms with Crippen LogP contribution in [0.4, 0.5) is 5.69 Å². The van der Waals surface area contributed by atoms with E-state index in [1.54, 1.807) is 0 Å². The fraction of sp³-hybridized carbons (Fsp3) is 0.538. The molecule has 0 saturated carbocycles. The van der Waals surface area contributed by atoms with E-state index in [4.69, 9.17) is 10.5 Å². The number of nitrogens with one attached hydrogen (secondary N) is 1. The summed E-state index contributed by atoms with van der Waals surface area (Å²) in [6.45, 7) is 3.80. The van der Waals surface area contributed by atoms with Crippen molar-refractivity contribution >= 4 is 15.7 Å². The topological polar surface area (TPSA) is 125 Å². The monoisotopic (exact) mass is 331 g/mol. The van der Waals surface area contributed by atoms with Gasteiger partial charge in [0, 0.05) is 18.2 Å². The van der Waals surface area contributed by atoms with Gasteiger partial charge in [0.15, 0.2) is 5.75 Å². The maximum Gasteiger partial charge on any atom is 0.312 e. The molecule has 0 atom stereocenters. The number of nitro benzene ring substituents is 1. The van der Waals surface area contributed by atoms with Crippen molar-refractivity contribution in [3.63, 3.8) is 0 Å². The van der Waals surface area contributed by atoms with E-state index < -0.39 is 26.2 Å². The third-order valence-corrected chi connectivity index (χ3v) is 5.08. The molecule has 0 aliphatic rings. The van der Waals surface area contributed by atoms with E-state index in [2.05, 4.69) is 4.72 Å². The summed E-state index contributed by atoms with van der Waals surface area (Å²) in [5.74, 6) is -0.000706. The van der Waals surface area contributed by atoms with E-state index >= 15 is 0 Å². The molecule has 0 heterocycles. The summed E-state index contributed by atoms with van der Waals surface area (Å²) in [4.78, 5) is 10.1. The van der Waals surface area contributed by atoms with Crippen LogP contribution >= 0.6 is 0 Å². The summed E-state index contributed by atoms with van der Waals surface area (Å²) in [6, 6.07) is 3.48. The van der Waals surface area contributed by atoms with Crippen LogP contribution in [0.3, 0.4) is 0 Å². The van der Waals surface area contributed by atoms with E-state index in [0.29, 0.717) is 12.8 Å². The molecule has 0 spiro atoms. The third-order valence-electron chi connectivity index (χ3n) is 3.68. The van der Waals surface area contributed by atoms with E-state index in [9.17, 15) is 18.5 Å². The Hall–Kier alpha value is -1.71. The maximum absolute atomic E-state index is 12.3. The Bertz CT molecular complexity index is 641. The standard InChI is InChI=1S/C13H21N3O5S/c1-4-13(14,5-2)9-15-22(19,20)10-6-7-12(21-3)11(8-10)16(17)18/h6-8,15H,4-5,9,14H2,1-3H3. The molecular weight excluding hydrogens is 310 g/mol. The lowest BCUT2D eigenvalue weighted by Gasteiger charge is -2.26. The van der Waals surface area contributed by atoms with Crippen LogP contribution in [0.1, 0.15) is 26.7 Å². The zero-order chi connectivity index (χ0) is 17.0. The van der Waals surface area contributed by atoms with Gasteiger partial charge >= 0.3 is 5.69 Å². The van der Waals surface area contributed by atoms with Crippen molar-refractivity contribution in [2.75, 3.05) is 13.7 Å². The number of benzene rings is 1. The predicted octanol–water partition coefficient (Wildman–Crippen LogP) is 1.40. The van der Waals surface area contributed by atoms with Crippen molar-refractivity contribution in [3.05, 3.63) is 28.3 Å². The zero-order valence-corrected chi connectivity index (χ0v) is 13.6. The molecule has 0 aliphatic heterocycles. The Balaban J connectivity index is 3.08. The van der Waals surface area contributed by atoms with Gasteiger partial charge in [-0.15, -0.1) is 0 Å². The molecule has 3 N–H and O–H groups in total. The highest BCUT2D eigenvalue weighted by Crippen LogP contribution is 2.29. The van der Waals surface area contributed by atoms with Crippen molar-refractivity contribution < 1.29 is 18.1 Å². The zero-order valence-electron chi connectivity index (χ0n) is 12.8. The van der Waals surface area contributed by atoms with Crippen LogP contribution in [-0.4, -0.2) is 32.5 Å². The summed E-state index contributed by atoms with van der Waals surface area (Å²) in [6.07, 6.45) is 1.21. The van der Waals surface area contributed by atoms with Crippen LogP contribution in [0.2, 0.25) is 0 Å². The second-order valence-corrected chi connectivity index (χ2v) is 6.75. The first-order valence-corrected chi connectivity index (χ1v) is 8.28. The van der Waals surface area contributed by atoms with Crippen molar-refractivity contribution in [1.29, 1.82) is 0 Å². The highest BCUT2D eigenvalue weighted by Gasteiger charge is 2.26. The number of hydrogen-bond donors (Lipinski definition) is 2. The van der Waals surface area contributed by atoms with Gasteiger partial charge < -0.3 is 10.5 Å². The second kappa shape index (κ2) is 7.03. The Morgan fingerprint density at radius 3 is 2.41 bits per heavy atom. The number of methoxy groups -OCH3 is 1. The molecule has 0 amide bonds. The molecule has 9 heteroatoms. The van der Waals surface area contributed by atoms with Gasteiger partial charge in [0.1, 0.15) is 0 Å². The van der Waals surface area contributed by atoms with Crippen molar-refractivity contribution in [3.8, 4) is 5.75 Å². The molecule has 1 aromatic rings. The molecule has 0 bridgehead atoms. The van der Waals surface area contributed by atoms with Gasteiger partial charge in [-0.2, -0.15) is 0 Å². The lowest BCUT2D eigenvalue weighted by atomic mass is 9.95. The first kappa shape index (κ1) is 18.3. The summed E-state index contributed by atoms with van der Waals surface area (Å²) in [7, 11) is -2.61. The molecule has 22 heavy (non-hydrogen) atoms. The van der Waals surface area contributed by atoms with Crippen LogP contribution < -0.4 is 15.2 Å². The molecule has 1 rings (SSSR count). The number of nitro groups is 1. The van der Waals surface area contributed by atoms with Crippen LogP contribution in [0.5, 0.6) is 5.75 Å². The van der Waals surface area contributed by atoms with Crippen LogP contribution in [0.25, 0.3) is 0 Å². The second-order valence-electron chi connectivity index (χ2n) is 4.98. The van der Waals surface area contributed by atoms with Gasteiger partial charge in [-0.25, -0.2) is 13.1 Å². The van der Waals surface area contributed by atoms with Crippen molar-refractivity contribution in [2.45, 2.75) is 37.1 Å². The van der Waals surface area contributed by atoms with E-state index in [-0.39, 0.29) is 17.2 Å². The van der Waals surface area contributed by atoms with Gasteiger partial charge in [-0.3, -0.25) is 10.1 Å². The summed E-state index contributed by atoms with van der Waals surface area (Å²) < 4.78 is 31.8. The summed E-state index contributed by atoms with van der Waals surface area (Å²) in [5, 5.41) is 11.0. The lowest BCUT2D eigenvalue weighted by molar-refractivity contribution is -0.386. The van der Waals surface area contributed by atoms with Crippen molar-refractivity contribution in [2.24, 2.45) is 5.73 Å².